The van der Waals surface area contributed by atoms with Crippen LogP contribution in [-0.4, -0.2) is 24.9 Å². The molecule has 1 aliphatic heterocycles. The number of benzene rings is 2. The largest absolute Gasteiger partial charge is 0.372 e. The Labute approximate surface area is 158 Å². The first-order valence-corrected chi connectivity index (χ1v) is 9.10. The van der Waals surface area contributed by atoms with Crippen LogP contribution in [0.4, 0.5) is 21.5 Å². The highest BCUT2D eigenvalue weighted by Gasteiger charge is 2.36. The van der Waals surface area contributed by atoms with Gasteiger partial charge in [0.25, 0.3) is 0 Å². The number of halogens is 1. The number of carbonyl (C=O) groups is 2. The molecule has 1 aliphatic rings. The van der Waals surface area contributed by atoms with Gasteiger partial charge in [0.1, 0.15) is 11.2 Å². The van der Waals surface area contributed by atoms with Crippen LogP contribution in [0.5, 0.6) is 0 Å². The van der Waals surface area contributed by atoms with E-state index in [9.17, 15) is 14.0 Å². The van der Waals surface area contributed by atoms with E-state index in [0.29, 0.717) is 5.69 Å². The molecule has 6 heteroatoms. The lowest BCUT2D eigenvalue weighted by Crippen LogP contribution is -2.41. The summed E-state index contributed by atoms with van der Waals surface area (Å²) in [5.74, 6) is -1.57. The number of hydrogen-bond acceptors (Lipinski definition) is 3. The van der Waals surface area contributed by atoms with E-state index in [-0.39, 0.29) is 5.69 Å². The fourth-order valence-electron chi connectivity index (χ4n) is 2.96. The Morgan fingerprint density at radius 2 is 1.52 bits per heavy atom. The van der Waals surface area contributed by atoms with E-state index in [4.69, 9.17) is 0 Å². The Balaban J connectivity index is 1.64. The van der Waals surface area contributed by atoms with E-state index in [0.717, 1.165) is 18.8 Å². The number of para-hydroxylation sites is 1. The zero-order chi connectivity index (χ0) is 19.4. The van der Waals surface area contributed by atoms with Crippen molar-refractivity contribution in [3.8, 4) is 0 Å². The van der Waals surface area contributed by atoms with Gasteiger partial charge in [-0.3, -0.25) is 9.59 Å². The minimum Gasteiger partial charge on any atom is -0.372 e. The Morgan fingerprint density at radius 1 is 0.926 bits per heavy atom. The van der Waals surface area contributed by atoms with Crippen LogP contribution in [0, 0.1) is 11.2 Å². The van der Waals surface area contributed by atoms with Crippen LogP contribution in [0.1, 0.15) is 26.7 Å². The summed E-state index contributed by atoms with van der Waals surface area (Å²) in [6.45, 7) is 5.12. The van der Waals surface area contributed by atoms with Crippen molar-refractivity contribution in [2.24, 2.45) is 5.41 Å². The monoisotopic (exact) mass is 369 g/mol. The van der Waals surface area contributed by atoms with Gasteiger partial charge in [-0.05, 0) is 63.1 Å². The Morgan fingerprint density at radius 3 is 2.15 bits per heavy atom. The van der Waals surface area contributed by atoms with Crippen LogP contribution in [0.2, 0.25) is 0 Å². The van der Waals surface area contributed by atoms with Gasteiger partial charge in [-0.25, -0.2) is 4.39 Å². The highest BCUT2D eigenvalue weighted by atomic mass is 19.1. The number of anilines is 3. The summed E-state index contributed by atoms with van der Waals surface area (Å²) in [7, 11) is 0. The molecule has 0 aromatic heterocycles. The van der Waals surface area contributed by atoms with Crippen molar-refractivity contribution in [2.45, 2.75) is 26.7 Å². The number of amides is 2. The lowest BCUT2D eigenvalue weighted by atomic mass is 9.90. The van der Waals surface area contributed by atoms with Crippen LogP contribution in [0.25, 0.3) is 0 Å². The van der Waals surface area contributed by atoms with E-state index in [2.05, 4.69) is 15.5 Å². The van der Waals surface area contributed by atoms with Crippen molar-refractivity contribution in [3.63, 3.8) is 0 Å². The van der Waals surface area contributed by atoms with Crippen molar-refractivity contribution >= 4 is 28.9 Å². The normalized spacial score (nSPS) is 14.1. The molecule has 0 bridgehead atoms. The molecule has 27 heavy (non-hydrogen) atoms. The second-order valence-electron chi connectivity index (χ2n) is 7.25. The fraction of sp³-hybridized carbons (Fsp3) is 0.333. The molecule has 0 radical (unpaired) electrons. The summed E-state index contributed by atoms with van der Waals surface area (Å²) in [4.78, 5) is 27.4. The van der Waals surface area contributed by atoms with Gasteiger partial charge in [0.05, 0.1) is 5.69 Å². The maximum absolute atomic E-state index is 13.7. The predicted octanol–water partition coefficient (Wildman–Crippen LogP) is 4.03. The Hall–Kier alpha value is -2.89. The topological polar surface area (TPSA) is 61.4 Å². The number of nitrogens with one attached hydrogen (secondary N) is 2. The maximum Gasteiger partial charge on any atom is 0.239 e. The van der Waals surface area contributed by atoms with Gasteiger partial charge < -0.3 is 15.5 Å². The van der Waals surface area contributed by atoms with Crippen molar-refractivity contribution in [1.82, 2.24) is 0 Å². The molecule has 0 atom stereocenters. The summed E-state index contributed by atoms with van der Waals surface area (Å²) in [5, 5.41) is 5.25. The zero-order valence-electron chi connectivity index (χ0n) is 15.6. The molecular weight excluding hydrogens is 345 g/mol. The van der Waals surface area contributed by atoms with Gasteiger partial charge in [-0.15, -0.1) is 0 Å². The van der Waals surface area contributed by atoms with E-state index in [1.807, 2.05) is 24.3 Å². The molecule has 2 aromatic carbocycles. The van der Waals surface area contributed by atoms with Gasteiger partial charge in [0.15, 0.2) is 0 Å². The lowest BCUT2D eigenvalue weighted by Gasteiger charge is -2.23. The van der Waals surface area contributed by atoms with E-state index < -0.39 is 23.0 Å². The standard InChI is InChI=1S/C21H24FN3O2/c1-21(2,20(27)24-18-8-4-3-7-17(18)22)19(26)23-15-9-11-16(12-10-15)25-13-5-6-14-25/h3-4,7-12H,5-6,13-14H2,1-2H3,(H,23,26)(H,24,27). The summed E-state index contributed by atoms with van der Waals surface area (Å²) < 4.78 is 13.7. The summed E-state index contributed by atoms with van der Waals surface area (Å²) in [5.41, 5.74) is 0.436. The van der Waals surface area contributed by atoms with Crippen molar-refractivity contribution in [3.05, 3.63) is 54.3 Å². The van der Waals surface area contributed by atoms with Crippen LogP contribution in [0.3, 0.4) is 0 Å². The second-order valence-corrected chi connectivity index (χ2v) is 7.25. The molecule has 5 nitrogen and oxygen atoms in total. The Kier molecular flexibility index (Phi) is 5.44. The quantitative estimate of drug-likeness (QED) is 0.782. The lowest BCUT2D eigenvalue weighted by molar-refractivity contribution is -0.135. The van der Waals surface area contributed by atoms with Gasteiger partial charge in [0.2, 0.25) is 11.8 Å². The van der Waals surface area contributed by atoms with E-state index in [1.54, 1.807) is 6.07 Å². The van der Waals surface area contributed by atoms with Crippen LogP contribution >= 0.6 is 0 Å². The molecule has 2 aromatic rings. The zero-order valence-corrected chi connectivity index (χ0v) is 15.6. The molecule has 1 saturated heterocycles. The molecule has 2 amide bonds. The minimum atomic E-state index is -1.37. The molecule has 0 saturated carbocycles. The second kappa shape index (κ2) is 7.78. The summed E-state index contributed by atoms with van der Waals surface area (Å²) >= 11 is 0. The third-order valence-corrected chi connectivity index (χ3v) is 4.85. The average Bonchev–Trinajstić information content (AvgIpc) is 3.19. The van der Waals surface area contributed by atoms with Gasteiger partial charge in [-0.2, -0.15) is 0 Å². The molecule has 0 aliphatic carbocycles. The third kappa shape index (κ3) is 4.27. The summed E-state index contributed by atoms with van der Waals surface area (Å²) in [6, 6.07) is 13.5. The summed E-state index contributed by atoms with van der Waals surface area (Å²) in [6.07, 6.45) is 2.40. The van der Waals surface area contributed by atoms with Crippen molar-refractivity contribution in [1.29, 1.82) is 0 Å². The van der Waals surface area contributed by atoms with Crippen LogP contribution in [0.15, 0.2) is 48.5 Å². The van der Waals surface area contributed by atoms with Gasteiger partial charge in [-0.1, -0.05) is 12.1 Å². The van der Waals surface area contributed by atoms with Crippen LogP contribution < -0.4 is 15.5 Å². The van der Waals surface area contributed by atoms with E-state index in [1.165, 1.54) is 44.9 Å². The van der Waals surface area contributed by atoms with Gasteiger partial charge in [0, 0.05) is 24.5 Å². The smallest absolute Gasteiger partial charge is 0.239 e. The van der Waals surface area contributed by atoms with Crippen molar-refractivity contribution < 1.29 is 14.0 Å². The maximum atomic E-state index is 13.7. The third-order valence-electron chi connectivity index (χ3n) is 4.85. The first-order valence-electron chi connectivity index (χ1n) is 9.10. The minimum absolute atomic E-state index is 0.0540. The molecule has 0 spiro atoms. The fourth-order valence-corrected chi connectivity index (χ4v) is 2.96. The first-order chi connectivity index (χ1) is 12.9. The predicted molar refractivity (Wildman–Crippen MR) is 105 cm³/mol. The van der Waals surface area contributed by atoms with Crippen LogP contribution in [-0.2, 0) is 9.59 Å². The number of carbonyl (C=O) groups excluding carboxylic acids is 2. The van der Waals surface area contributed by atoms with E-state index >= 15 is 0 Å². The number of nitrogens with zero attached hydrogens (tertiary/aromatic N) is 1. The SMILES string of the molecule is CC(C)(C(=O)Nc1ccc(N2CCCC2)cc1)C(=O)Nc1ccccc1F. The number of hydrogen-bond donors (Lipinski definition) is 2. The van der Waals surface area contributed by atoms with Crippen molar-refractivity contribution in [2.75, 3.05) is 28.6 Å². The highest BCUT2D eigenvalue weighted by Crippen LogP contribution is 2.25. The molecular formula is C21H24FN3O2. The van der Waals surface area contributed by atoms with Gasteiger partial charge >= 0.3 is 0 Å². The number of rotatable bonds is 5. The molecule has 1 heterocycles. The molecule has 2 N–H and O–H groups in total. The first kappa shape index (κ1) is 18.9. The molecule has 0 unspecified atom stereocenters. The average molecular weight is 369 g/mol. The molecule has 1 fully saturated rings. The molecule has 3 rings (SSSR count). The Bertz CT molecular complexity index is 828. The highest BCUT2D eigenvalue weighted by molar-refractivity contribution is 6.14. The molecule has 142 valence electrons.